The minimum atomic E-state index is -3.42. The first-order valence-corrected chi connectivity index (χ1v) is 8.26. The Morgan fingerprint density at radius 3 is 2.14 bits per heavy atom. The Bertz CT molecular complexity index is 691. The topological polar surface area (TPSA) is 69.4 Å². The highest BCUT2D eigenvalue weighted by molar-refractivity contribution is 7.91. The summed E-state index contributed by atoms with van der Waals surface area (Å²) in [5.74, 6) is 0.499. The number of nitrogens with two attached hydrogens (primary N) is 1. The highest BCUT2D eigenvalue weighted by atomic mass is 32.2. The Hall–Kier alpha value is -1.85. The maximum absolute atomic E-state index is 12.4. The Morgan fingerprint density at radius 1 is 1.05 bits per heavy atom. The molecule has 0 aromatic heterocycles. The van der Waals surface area contributed by atoms with Gasteiger partial charge in [-0.15, -0.1) is 0 Å². The lowest BCUT2D eigenvalue weighted by atomic mass is 10.1. The predicted molar refractivity (Wildman–Crippen MR) is 83.2 cm³/mol. The van der Waals surface area contributed by atoms with Crippen molar-refractivity contribution < 1.29 is 13.2 Å². The molecular formula is C16H19NO3S. The van der Waals surface area contributed by atoms with Crippen LogP contribution in [0, 0.1) is 6.92 Å². The molecule has 2 aromatic carbocycles. The number of hydrogen-bond acceptors (Lipinski definition) is 4. The molecule has 2 rings (SSSR count). The molecule has 21 heavy (non-hydrogen) atoms. The Labute approximate surface area is 125 Å². The van der Waals surface area contributed by atoms with Crippen LogP contribution in [0.25, 0.3) is 0 Å². The number of methoxy groups -OCH3 is 1. The molecule has 0 aliphatic heterocycles. The van der Waals surface area contributed by atoms with E-state index in [1.165, 1.54) is 19.2 Å². The Balaban J connectivity index is 2.17. The molecule has 0 saturated carbocycles. The van der Waals surface area contributed by atoms with Crippen molar-refractivity contribution in [2.75, 3.05) is 12.9 Å². The first kappa shape index (κ1) is 15.5. The molecule has 0 aliphatic rings. The molecule has 5 heteroatoms. The van der Waals surface area contributed by atoms with Crippen LogP contribution in [-0.2, 0) is 9.84 Å². The van der Waals surface area contributed by atoms with Crippen LogP contribution in [-0.4, -0.2) is 21.3 Å². The zero-order valence-electron chi connectivity index (χ0n) is 12.1. The zero-order chi connectivity index (χ0) is 15.5. The van der Waals surface area contributed by atoms with Crippen LogP contribution >= 0.6 is 0 Å². The fourth-order valence-corrected chi connectivity index (χ4v) is 3.43. The van der Waals surface area contributed by atoms with E-state index >= 15 is 0 Å². The maximum Gasteiger partial charge on any atom is 0.180 e. The second-order valence-corrected chi connectivity index (χ2v) is 7.01. The lowest BCUT2D eigenvalue weighted by Gasteiger charge is -2.13. The summed E-state index contributed by atoms with van der Waals surface area (Å²) in [5, 5.41) is 0. The van der Waals surface area contributed by atoms with Crippen molar-refractivity contribution in [3.63, 3.8) is 0 Å². The summed E-state index contributed by atoms with van der Waals surface area (Å²) in [7, 11) is -1.88. The maximum atomic E-state index is 12.4. The Morgan fingerprint density at radius 2 is 1.62 bits per heavy atom. The van der Waals surface area contributed by atoms with Gasteiger partial charge in [-0.2, -0.15) is 0 Å². The number of benzene rings is 2. The largest absolute Gasteiger partial charge is 0.497 e. The van der Waals surface area contributed by atoms with E-state index in [4.69, 9.17) is 10.5 Å². The van der Waals surface area contributed by atoms with Gasteiger partial charge < -0.3 is 10.5 Å². The van der Waals surface area contributed by atoms with Gasteiger partial charge in [-0.3, -0.25) is 0 Å². The molecule has 0 radical (unpaired) electrons. The van der Waals surface area contributed by atoms with E-state index in [2.05, 4.69) is 0 Å². The Kier molecular flexibility index (Phi) is 4.65. The van der Waals surface area contributed by atoms with Gasteiger partial charge in [0.15, 0.2) is 9.84 Å². The number of rotatable bonds is 5. The summed E-state index contributed by atoms with van der Waals surface area (Å²) in [6.07, 6.45) is 0. The van der Waals surface area contributed by atoms with Crippen LogP contribution in [0.15, 0.2) is 53.4 Å². The average molecular weight is 305 g/mol. The van der Waals surface area contributed by atoms with Gasteiger partial charge >= 0.3 is 0 Å². The smallest absolute Gasteiger partial charge is 0.180 e. The molecule has 0 bridgehead atoms. The van der Waals surface area contributed by atoms with Gasteiger partial charge in [-0.25, -0.2) is 8.42 Å². The number of sulfone groups is 1. The molecule has 4 nitrogen and oxygen atoms in total. The molecule has 1 atom stereocenters. The van der Waals surface area contributed by atoms with Gasteiger partial charge in [-0.1, -0.05) is 29.8 Å². The minimum absolute atomic E-state index is 0.123. The average Bonchev–Trinajstić information content (AvgIpc) is 2.47. The molecular weight excluding hydrogens is 286 g/mol. The van der Waals surface area contributed by atoms with Crippen LogP contribution in [0.2, 0.25) is 0 Å². The van der Waals surface area contributed by atoms with E-state index in [0.29, 0.717) is 5.75 Å². The normalized spacial score (nSPS) is 12.9. The molecule has 1 unspecified atom stereocenters. The van der Waals surface area contributed by atoms with Crippen molar-refractivity contribution in [2.45, 2.75) is 17.9 Å². The predicted octanol–water partition coefficient (Wildman–Crippen LogP) is 2.48. The van der Waals surface area contributed by atoms with Gasteiger partial charge in [0.25, 0.3) is 0 Å². The molecule has 112 valence electrons. The van der Waals surface area contributed by atoms with Gasteiger partial charge in [0.2, 0.25) is 0 Å². The molecule has 2 aromatic rings. The van der Waals surface area contributed by atoms with Crippen LogP contribution in [0.3, 0.4) is 0 Å². The molecule has 0 saturated heterocycles. The van der Waals surface area contributed by atoms with Crippen molar-refractivity contribution in [2.24, 2.45) is 5.73 Å². The SMILES string of the molecule is COc1ccc(S(=O)(=O)CC(N)c2ccc(C)cc2)cc1. The van der Waals surface area contributed by atoms with Crippen molar-refractivity contribution in [1.82, 2.24) is 0 Å². The highest BCUT2D eigenvalue weighted by Gasteiger charge is 2.20. The third-order valence-electron chi connectivity index (χ3n) is 3.32. The number of ether oxygens (including phenoxy) is 1. The summed E-state index contributed by atoms with van der Waals surface area (Å²) >= 11 is 0. The van der Waals surface area contributed by atoms with Gasteiger partial charge in [0.1, 0.15) is 5.75 Å². The van der Waals surface area contributed by atoms with Crippen molar-refractivity contribution in [3.8, 4) is 5.75 Å². The number of aryl methyl sites for hydroxylation is 1. The van der Waals surface area contributed by atoms with E-state index in [0.717, 1.165) is 11.1 Å². The van der Waals surface area contributed by atoms with E-state index in [1.54, 1.807) is 12.1 Å². The minimum Gasteiger partial charge on any atom is -0.497 e. The summed E-state index contributed by atoms with van der Waals surface area (Å²) in [6.45, 7) is 1.98. The fourth-order valence-electron chi connectivity index (χ4n) is 2.03. The summed E-state index contributed by atoms with van der Waals surface area (Å²) in [6, 6.07) is 13.4. The van der Waals surface area contributed by atoms with E-state index in [1.807, 2.05) is 31.2 Å². The van der Waals surface area contributed by atoms with Crippen molar-refractivity contribution in [1.29, 1.82) is 0 Å². The van der Waals surface area contributed by atoms with Gasteiger partial charge in [-0.05, 0) is 36.8 Å². The quantitative estimate of drug-likeness (QED) is 0.921. The van der Waals surface area contributed by atoms with Crippen LogP contribution in [0.4, 0.5) is 0 Å². The zero-order valence-corrected chi connectivity index (χ0v) is 12.9. The molecule has 2 N–H and O–H groups in total. The molecule has 0 aliphatic carbocycles. The molecule has 0 amide bonds. The lowest BCUT2D eigenvalue weighted by molar-refractivity contribution is 0.414. The monoisotopic (exact) mass is 305 g/mol. The van der Waals surface area contributed by atoms with Gasteiger partial charge in [0, 0.05) is 6.04 Å². The van der Waals surface area contributed by atoms with E-state index < -0.39 is 15.9 Å². The van der Waals surface area contributed by atoms with Crippen molar-refractivity contribution in [3.05, 3.63) is 59.7 Å². The molecule has 0 spiro atoms. The highest BCUT2D eigenvalue weighted by Crippen LogP contribution is 2.21. The van der Waals surface area contributed by atoms with Crippen LogP contribution in [0.1, 0.15) is 17.2 Å². The van der Waals surface area contributed by atoms with E-state index in [9.17, 15) is 8.42 Å². The first-order valence-electron chi connectivity index (χ1n) is 6.61. The number of hydrogen-bond donors (Lipinski definition) is 1. The van der Waals surface area contributed by atoms with Crippen LogP contribution < -0.4 is 10.5 Å². The summed E-state index contributed by atoms with van der Waals surface area (Å²) in [5.41, 5.74) is 7.95. The second-order valence-electron chi connectivity index (χ2n) is 4.97. The third-order valence-corrected chi connectivity index (χ3v) is 5.11. The first-order chi connectivity index (χ1) is 9.92. The second kappa shape index (κ2) is 6.28. The van der Waals surface area contributed by atoms with Gasteiger partial charge in [0.05, 0.1) is 17.8 Å². The summed E-state index contributed by atoms with van der Waals surface area (Å²) < 4.78 is 29.7. The van der Waals surface area contributed by atoms with Crippen molar-refractivity contribution >= 4 is 9.84 Å². The molecule has 0 heterocycles. The lowest BCUT2D eigenvalue weighted by Crippen LogP contribution is -2.21. The van der Waals surface area contributed by atoms with E-state index in [-0.39, 0.29) is 10.6 Å². The standard InChI is InChI=1S/C16H19NO3S/c1-12-3-5-13(6-4-12)16(17)11-21(18,19)15-9-7-14(20-2)8-10-15/h3-10,16H,11,17H2,1-2H3. The fraction of sp³-hybridized carbons (Fsp3) is 0.250. The molecule has 0 fully saturated rings. The summed E-state index contributed by atoms with van der Waals surface area (Å²) in [4.78, 5) is 0.255. The van der Waals surface area contributed by atoms with Crippen LogP contribution in [0.5, 0.6) is 5.75 Å². The third kappa shape index (κ3) is 3.83.